The van der Waals surface area contributed by atoms with Crippen LogP contribution < -0.4 is 0 Å². The average molecular weight is 281 g/mol. The Balaban J connectivity index is 2.20. The predicted octanol–water partition coefficient (Wildman–Crippen LogP) is 3.24. The van der Waals surface area contributed by atoms with E-state index in [9.17, 15) is 9.90 Å². The van der Waals surface area contributed by atoms with Crippen molar-refractivity contribution in [2.45, 2.75) is 19.8 Å². The predicted molar refractivity (Wildman–Crippen MR) is 79.9 cm³/mol. The Morgan fingerprint density at radius 1 is 1.19 bits per heavy atom. The van der Waals surface area contributed by atoms with Crippen molar-refractivity contribution in [1.29, 1.82) is 0 Å². The lowest BCUT2D eigenvalue weighted by Gasteiger charge is -2.11. The van der Waals surface area contributed by atoms with Crippen LogP contribution in [0.3, 0.4) is 0 Å². The maximum Gasteiger partial charge on any atom is 0.339 e. The maximum atomic E-state index is 11.3. The summed E-state index contributed by atoms with van der Waals surface area (Å²) in [4.78, 5) is 15.9. The minimum absolute atomic E-state index is 0.0341. The third kappa shape index (κ3) is 2.27. The molecule has 0 amide bonds. The fraction of sp³-hybridized carbons (Fsp3) is 0.188. The maximum absolute atomic E-state index is 11.3. The summed E-state index contributed by atoms with van der Waals surface area (Å²) >= 11 is 0. The summed E-state index contributed by atoms with van der Waals surface area (Å²) < 4.78 is 1.61. The quantitative estimate of drug-likeness (QED) is 0.800. The zero-order chi connectivity index (χ0) is 15.0. The molecule has 0 radical (unpaired) electrons. The van der Waals surface area contributed by atoms with Crippen LogP contribution in [-0.2, 0) is 0 Å². The first-order chi connectivity index (χ1) is 10.1. The molecule has 3 rings (SSSR count). The van der Waals surface area contributed by atoms with Crippen molar-refractivity contribution in [2.75, 3.05) is 0 Å². The van der Waals surface area contributed by atoms with Gasteiger partial charge in [0.2, 0.25) is 0 Å². The van der Waals surface area contributed by atoms with E-state index in [4.69, 9.17) is 0 Å². The highest BCUT2D eigenvalue weighted by Gasteiger charge is 2.20. The van der Waals surface area contributed by atoms with Gasteiger partial charge in [-0.3, -0.25) is 0 Å². The van der Waals surface area contributed by atoms with Crippen molar-refractivity contribution in [1.82, 2.24) is 14.8 Å². The minimum atomic E-state index is -0.967. The summed E-state index contributed by atoms with van der Waals surface area (Å²) in [6.45, 7) is 3.89. The Morgan fingerprint density at radius 2 is 1.95 bits per heavy atom. The van der Waals surface area contributed by atoms with Gasteiger partial charge in [0.15, 0.2) is 5.82 Å². The number of hydrogen-bond acceptors (Lipinski definition) is 3. The number of rotatable bonds is 3. The number of pyridine rings is 1. The summed E-state index contributed by atoms with van der Waals surface area (Å²) in [6, 6.07) is 11.6. The summed E-state index contributed by atoms with van der Waals surface area (Å²) in [6.07, 6.45) is 1.38. The topological polar surface area (TPSA) is 68.0 Å². The molecule has 5 nitrogen and oxygen atoms in total. The smallest absolute Gasteiger partial charge is 0.339 e. The van der Waals surface area contributed by atoms with Crippen molar-refractivity contribution in [2.24, 2.45) is 0 Å². The van der Waals surface area contributed by atoms with Crippen molar-refractivity contribution >= 4 is 16.9 Å². The Hall–Kier alpha value is -2.69. The second-order valence-corrected chi connectivity index (χ2v) is 5.18. The normalized spacial score (nSPS) is 11.2. The molecule has 1 aromatic carbocycles. The molecule has 0 aliphatic carbocycles. The van der Waals surface area contributed by atoms with Crippen molar-refractivity contribution < 1.29 is 9.90 Å². The van der Waals surface area contributed by atoms with Gasteiger partial charge in [-0.05, 0) is 24.1 Å². The van der Waals surface area contributed by atoms with Crippen molar-refractivity contribution in [3.05, 3.63) is 53.9 Å². The Labute approximate surface area is 121 Å². The molecule has 1 N–H and O–H groups in total. The first-order valence-electron chi connectivity index (χ1n) is 6.75. The lowest BCUT2D eigenvalue weighted by Crippen LogP contribution is -2.09. The molecule has 3 aromatic rings. The zero-order valence-corrected chi connectivity index (χ0v) is 11.8. The van der Waals surface area contributed by atoms with E-state index in [1.807, 2.05) is 50.2 Å². The van der Waals surface area contributed by atoms with E-state index < -0.39 is 5.97 Å². The first-order valence-corrected chi connectivity index (χ1v) is 6.75. The fourth-order valence-electron chi connectivity index (χ4n) is 2.43. The van der Waals surface area contributed by atoms with E-state index in [0.29, 0.717) is 11.5 Å². The molecular formula is C16H15N3O2. The second-order valence-electron chi connectivity index (χ2n) is 5.18. The summed E-state index contributed by atoms with van der Waals surface area (Å²) in [5, 5.41) is 14.5. The highest BCUT2D eigenvalue weighted by atomic mass is 16.4. The lowest BCUT2D eigenvalue weighted by atomic mass is 10.1. The molecular weight excluding hydrogens is 266 g/mol. The van der Waals surface area contributed by atoms with Gasteiger partial charge in [0, 0.05) is 5.39 Å². The van der Waals surface area contributed by atoms with Crippen molar-refractivity contribution in [3.63, 3.8) is 0 Å². The SMILES string of the molecule is CC(C)c1c(C(=O)O)cnn1-c1ccc2ccccc2n1. The fourth-order valence-corrected chi connectivity index (χ4v) is 2.43. The highest BCUT2D eigenvalue weighted by molar-refractivity contribution is 5.89. The third-order valence-corrected chi connectivity index (χ3v) is 3.38. The summed E-state index contributed by atoms with van der Waals surface area (Å²) in [5.41, 5.74) is 1.74. The summed E-state index contributed by atoms with van der Waals surface area (Å²) in [5.74, 6) is -0.303. The van der Waals surface area contributed by atoms with Gasteiger partial charge in [-0.2, -0.15) is 5.10 Å². The van der Waals surface area contributed by atoms with Crippen LogP contribution in [0.2, 0.25) is 0 Å². The number of carboxylic acid groups (broad SMARTS) is 1. The molecule has 106 valence electrons. The molecule has 0 saturated heterocycles. The van der Waals surface area contributed by atoms with Gasteiger partial charge in [0.1, 0.15) is 5.56 Å². The van der Waals surface area contributed by atoms with Gasteiger partial charge in [-0.25, -0.2) is 14.5 Å². The van der Waals surface area contributed by atoms with E-state index in [2.05, 4.69) is 10.1 Å². The van der Waals surface area contributed by atoms with Gasteiger partial charge >= 0.3 is 5.97 Å². The molecule has 0 fully saturated rings. The van der Waals surface area contributed by atoms with Gasteiger partial charge in [-0.1, -0.05) is 32.0 Å². The van der Waals surface area contributed by atoms with Gasteiger partial charge < -0.3 is 5.11 Å². The monoisotopic (exact) mass is 281 g/mol. The van der Waals surface area contributed by atoms with Gasteiger partial charge in [0.25, 0.3) is 0 Å². The van der Waals surface area contributed by atoms with Crippen LogP contribution >= 0.6 is 0 Å². The van der Waals surface area contributed by atoms with Crippen LogP contribution in [0.4, 0.5) is 0 Å². The van der Waals surface area contributed by atoms with E-state index in [1.165, 1.54) is 6.20 Å². The number of aromatic nitrogens is 3. The molecule has 0 saturated carbocycles. The summed E-state index contributed by atoms with van der Waals surface area (Å²) in [7, 11) is 0. The molecule has 2 heterocycles. The lowest BCUT2D eigenvalue weighted by molar-refractivity contribution is 0.0695. The van der Waals surface area contributed by atoms with Crippen LogP contribution in [0.15, 0.2) is 42.6 Å². The molecule has 2 aromatic heterocycles. The van der Waals surface area contributed by atoms with Crippen molar-refractivity contribution in [3.8, 4) is 5.82 Å². The number of carbonyl (C=O) groups is 1. The van der Waals surface area contributed by atoms with E-state index in [0.717, 1.165) is 10.9 Å². The largest absolute Gasteiger partial charge is 0.478 e. The molecule has 0 aliphatic heterocycles. The molecule has 0 aliphatic rings. The van der Waals surface area contributed by atoms with Crippen LogP contribution in [0.25, 0.3) is 16.7 Å². The molecule has 0 bridgehead atoms. The van der Waals surface area contributed by atoms with Crippen LogP contribution in [0.5, 0.6) is 0 Å². The van der Waals surface area contributed by atoms with Gasteiger partial charge in [-0.15, -0.1) is 0 Å². The highest BCUT2D eigenvalue weighted by Crippen LogP contribution is 2.23. The molecule has 21 heavy (non-hydrogen) atoms. The number of fused-ring (bicyclic) bond motifs is 1. The Kier molecular flexibility index (Phi) is 3.17. The van der Waals surface area contributed by atoms with E-state index in [1.54, 1.807) is 4.68 Å². The standard InChI is InChI=1S/C16H15N3O2/c1-10(2)15-12(16(20)21)9-17-19(15)14-8-7-11-5-3-4-6-13(11)18-14/h3-10H,1-2H3,(H,20,21). The average Bonchev–Trinajstić information content (AvgIpc) is 2.92. The van der Waals surface area contributed by atoms with E-state index in [-0.39, 0.29) is 11.5 Å². The van der Waals surface area contributed by atoms with Crippen LogP contribution in [0.1, 0.15) is 35.8 Å². The Bertz CT molecular complexity index is 821. The number of aromatic carboxylic acids is 1. The second kappa shape index (κ2) is 5.01. The first kappa shape index (κ1) is 13.3. The minimum Gasteiger partial charge on any atom is -0.478 e. The van der Waals surface area contributed by atoms with E-state index >= 15 is 0 Å². The Morgan fingerprint density at radius 3 is 2.67 bits per heavy atom. The third-order valence-electron chi connectivity index (χ3n) is 3.38. The van der Waals surface area contributed by atoms with Crippen LogP contribution in [-0.4, -0.2) is 25.8 Å². The zero-order valence-electron chi connectivity index (χ0n) is 11.8. The number of hydrogen-bond donors (Lipinski definition) is 1. The van der Waals surface area contributed by atoms with Crippen LogP contribution in [0, 0.1) is 0 Å². The number of carboxylic acids is 1. The molecule has 0 spiro atoms. The molecule has 0 atom stereocenters. The number of para-hydroxylation sites is 1. The number of benzene rings is 1. The van der Waals surface area contributed by atoms with Gasteiger partial charge in [0.05, 0.1) is 17.4 Å². The molecule has 0 unspecified atom stereocenters. The molecule has 5 heteroatoms. The number of nitrogens with zero attached hydrogens (tertiary/aromatic N) is 3.